The highest BCUT2D eigenvalue weighted by Crippen LogP contribution is 2.22. The van der Waals surface area contributed by atoms with E-state index in [1.54, 1.807) is 6.20 Å². The van der Waals surface area contributed by atoms with Gasteiger partial charge in [-0.3, -0.25) is 0 Å². The normalized spacial score (nSPS) is 10.7. The van der Waals surface area contributed by atoms with Gasteiger partial charge in [-0.25, -0.2) is 4.98 Å². The lowest BCUT2D eigenvalue weighted by molar-refractivity contribution is 0.475. The van der Waals surface area contributed by atoms with Crippen molar-refractivity contribution in [1.82, 2.24) is 4.98 Å². The lowest BCUT2D eigenvalue weighted by Crippen LogP contribution is -2.02. The molecule has 2 aromatic rings. The Hall–Kier alpha value is -1.55. The molecule has 2 aromatic heterocycles. The molecular formula is C10H12N2O2. The molecule has 0 atom stereocenters. The van der Waals surface area contributed by atoms with Crippen molar-refractivity contribution in [3.05, 3.63) is 30.0 Å². The Labute approximate surface area is 81.7 Å². The Bertz CT molecular complexity index is 417. The third-order valence-electron chi connectivity index (χ3n) is 1.89. The van der Waals surface area contributed by atoms with E-state index >= 15 is 0 Å². The number of hydrogen-bond donors (Lipinski definition) is 1. The lowest BCUT2D eigenvalue weighted by atomic mass is 10.4. The molecule has 14 heavy (non-hydrogen) atoms. The van der Waals surface area contributed by atoms with E-state index in [2.05, 4.69) is 4.98 Å². The molecule has 0 fully saturated rings. The summed E-state index contributed by atoms with van der Waals surface area (Å²) in [5.41, 5.74) is 5.39. The van der Waals surface area contributed by atoms with Crippen molar-refractivity contribution in [3.8, 4) is 11.5 Å². The molecule has 0 bridgehead atoms. The van der Waals surface area contributed by atoms with Crippen LogP contribution in [-0.4, -0.2) is 11.5 Å². The molecule has 0 spiro atoms. The Kier molecular flexibility index (Phi) is 2.37. The van der Waals surface area contributed by atoms with Crippen LogP contribution in [0.25, 0.3) is 11.5 Å². The summed E-state index contributed by atoms with van der Waals surface area (Å²) in [6.07, 6.45) is 2.31. The van der Waals surface area contributed by atoms with Crippen molar-refractivity contribution in [2.45, 2.75) is 13.3 Å². The van der Waals surface area contributed by atoms with E-state index < -0.39 is 0 Å². The zero-order valence-corrected chi connectivity index (χ0v) is 7.99. The van der Waals surface area contributed by atoms with Gasteiger partial charge in [-0.05, 0) is 19.1 Å². The number of furan rings is 1. The molecular weight excluding hydrogens is 180 g/mol. The van der Waals surface area contributed by atoms with Gasteiger partial charge in [-0.1, -0.05) is 0 Å². The van der Waals surface area contributed by atoms with Gasteiger partial charge in [-0.15, -0.1) is 0 Å². The van der Waals surface area contributed by atoms with Crippen molar-refractivity contribution in [2.75, 3.05) is 6.54 Å². The summed E-state index contributed by atoms with van der Waals surface area (Å²) >= 11 is 0. The molecule has 0 aliphatic heterocycles. The van der Waals surface area contributed by atoms with Crippen LogP contribution < -0.4 is 5.73 Å². The first kappa shape index (κ1) is 9.02. The van der Waals surface area contributed by atoms with Crippen LogP contribution in [-0.2, 0) is 6.42 Å². The topological polar surface area (TPSA) is 65.2 Å². The van der Waals surface area contributed by atoms with Gasteiger partial charge in [0.1, 0.15) is 5.76 Å². The third-order valence-corrected chi connectivity index (χ3v) is 1.89. The molecule has 0 saturated heterocycles. The SMILES string of the molecule is Cc1ccc(-c2cnc(CCN)o2)o1. The second kappa shape index (κ2) is 3.67. The maximum atomic E-state index is 5.44. The molecule has 4 nitrogen and oxygen atoms in total. The van der Waals surface area contributed by atoms with E-state index in [9.17, 15) is 0 Å². The number of aromatic nitrogens is 1. The van der Waals surface area contributed by atoms with Crippen molar-refractivity contribution in [3.63, 3.8) is 0 Å². The first-order chi connectivity index (χ1) is 6.79. The van der Waals surface area contributed by atoms with Gasteiger partial charge in [0.05, 0.1) is 6.20 Å². The van der Waals surface area contributed by atoms with Gasteiger partial charge in [0.2, 0.25) is 0 Å². The van der Waals surface area contributed by atoms with Crippen LogP contribution in [0.4, 0.5) is 0 Å². The highest BCUT2D eigenvalue weighted by molar-refractivity contribution is 5.48. The maximum absolute atomic E-state index is 5.44. The van der Waals surface area contributed by atoms with Crippen LogP contribution in [0.5, 0.6) is 0 Å². The zero-order chi connectivity index (χ0) is 9.97. The zero-order valence-electron chi connectivity index (χ0n) is 7.99. The van der Waals surface area contributed by atoms with Crippen molar-refractivity contribution in [1.29, 1.82) is 0 Å². The second-order valence-corrected chi connectivity index (χ2v) is 3.07. The van der Waals surface area contributed by atoms with Crippen LogP contribution in [0.1, 0.15) is 11.7 Å². The van der Waals surface area contributed by atoms with E-state index in [1.807, 2.05) is 19.1 Å². The number of hydrogen-bond acceptors (Lipinski definition) is 4. The fraction of sp³-hybridized carbons (Fsp3) is 0.300. The molecule has 2 rings (SSSR count). The van der Waals surface area contributed by atoms with Crippen LogP contribution in [0.15, 0.2) is 27.2 Å². The fourth-order valence-electron chi connectivity index (χ4n) is 1.23. The fourth-order valence-corrected chi connectivity index (χ4v) is 1.23. The Balaban J connectivity index is 2.24. The van der Waals surface area contributed by atoms with E-state index in [0.29, 0.717) is 30.4 Å². The van der Waals surface area contributed by atoms with E-state index in [1.165, 1.54) is 0 Å². The highest BCUT2D eigenvalue weighted by atomic mass is 16.4. The van der Waals surface area contributed by atoms with Gasteiger partial charge in [-0.2, -0.15) is 0 Å². The maximum Gasteiger partial charge on any atom is 0.196 e. The predicted octanol–water partition coefficient (Wildman–Crippen LogP) is 1.74. The number of oxazole rings is 1. The van der Waals surface area contributed by atoms with Gasteiger partial charge >= 0.3 is 0 Å². The summed E-state index contributed by atoms with van der Waals surface area (Å²) in [5.74, 6) is 2.87. The second-order valence-electron chi connectivity index (χ2n) is 3.07. The number of nitrogens with two attached hydrogens (primary N) is 1. The molecule has 0 aliphatic rings. The van der Waals surface area contributed by atoms with Gasteiger partial charge in [0.15, 0.2) is 17.4 Å². The minimum absolute atomic E-state index is 0.539. The minimum atomic E-state index is 0.539. The Morgan fingerprint density at radius 3 is 2.79 bits per heavy atom. The number of nitrogens with zero attached hydrogens (tertiary/aromatic N) is 1. The molecule has 0 amide bonds. The molecule has 2 heterocycles. The summed E-state index contributed by atoms with van der Waals surface area (Å²) in [7, 11) is 0. The number of aryl methyl sites for hydroxylation is 1. The van der Waals surface area contributed by atoms with E-state index in [-0.39, 0.29) is 0 Å². The molecule has 0 saturated carbocycles. The predicted molar refractivity (Wildman–Crippen MR) is 51.7 cm³/mol. The third kappa shape index (κ3) is 1.70. The molecule has 0 unspecified atom stereocenters. The summed E-state index contributed by atoms with van der Waals surface area (Å²) in [6.45, 7) is 2.43. The summed E-state index contributed by atoms with van der Waals surface area (Å²) in [5, 5.41) is 0. The highest BCUT2D eigenvalue weighted by Gasteiger charge is 2.08. The van der Waals surface area contributed by atoms with E-state index in [4.69, 9.17) is 14.6 Å². The summed E-state index contributed by atoms with van der Waals surface area (Å²) < 4.78 is 10.8. The summed E-state index contributed by atoms with van der Waals surface area (Å²) in [4.78, 5) is 4.08. The van der Waals surface area contributed by atoms with Crippen LogP contribution in [0.3, 0.4) is 0 Å². The monoisotopic (exact) mass is 192 g/mol. The minimum Gasteiger partial charge on any atom is -0.458 e. The standard InChI is InChI=1S/C10H12N2O2/c1-7-2-3-8(13-7)9-6-12-10(14-9)4-5-11/h2-3,6H,4-5,11H2,1H3. The van der Waals surface area contributed by atoms with E-state index in [0.717, 1.165) is 5.76 Å². The quantitative estimate of drug-likeness (QED) is 0.804. The van der Waals surface area contributed by atoms with Gasteiger partial charge in [0, 0.05) is 13.0 Å². The van der Waals surface area contributed by atoms with Crippen molar-refractivity contribution >= 4 is 0 Å². The molecule has 0 aliphatic carbocycles. The average molecular weight is 192 g/mol. The van der Waals surface area contributed by atoms with Gasteiger partial charge in [0.25, 0.3) is 0 Å². The lowest BCUT2D eigenvalue weighted by Gasteiger charge is -1.90. The molecule has 74 valence electrons. The Morgan fingerprint density at radius 2 is 2.14 bits per heavy atom. The first-order valence-electron chi connectivity index (χ1n) is 4.51. The Morgan fingerprint density at radius 1 is 1.29 bits per heavy atom. The summed E-state index contributed by atoms with van der Waals surface area (Å²) in [6, 6.07) is 3.75. The average Bonchev–Trinajstić information content (AvgIpc) is 2.74. The van der Waals surface area contributed by atoms with Crippen LogP contribution in [0, 0.1) is 6.92 Å². The molecule has 4 heteroatoms. The van der Waals surface area contributed by atoms with Crippen molar-refractivity contribution < 1.29 is 8.83 Å². The molecule has 0 aromatic carbocycles. The number of rotatable bonds is 3. The smallest absolute Gasteiger partial charge is 0.196 e. The van der Waals surface area contributed by atoms with Gasteiger partial charge < -0.3 is 14.6 Å². The van der Waals surface area contributed by atoms with Crippen molar-refractivity contribution in [2.24, 2.45) is 5.73 Å². The van der Waals surface area contributed by atoms with Crippen LogP contribution in [0.2, 0.25) is 0 Å². The van der Waals surface area contributed by atoms with Crippen LogP contribution >= 0.6 is 0 Å². The first-order valence-corrected chi connectivity index (χ1v) is 4.51. The molecule has 2 N–H and O–H groups in total. The largest absolute Gasteiger partial charge is 0.458 e. The molecule has 0 radical (unpaired) electrons.